The number of fused-ring (bicyclic) bond motifs is 4. The lowest BCUT2D eigenvalue weighted by Gasteiger charge is -2.46. The summed E-state index contributed by atoms with van der Waals surface area (Å²) in [5.74, 6) is 3.25. The first-order valence-electron chi connectivity index (χ1n) is 7.14. The van der Waals surface area contributed by atoms with Crippen molar-refractivity contribution >= 4 is 0 Å². The lowest BCUT2D eigenvalue weighted by Crippen LogP contribution is -2.41. The average molecular weight is 256 g/mol. The van der Waals surface area contributed by atoms with Gasteiger partial charge in [-0.3, -0.25) is 0 Å². The molecule has 0 N–H and O–H groups in total. The van der Waals surface area contributed by atoms with E-state index in [4.69, 9.17) is 0 Å². The summed E-state index contributed by atoms with van der Waals surface area (Å²) in [5.41, 5.74) is 9.01. The van der Waals surface area contributed by atoms with Crippen molar-refractivity contribution in [2.75, 3.05) is 0 Å². The minimum atomic E-state index is 0. The molecule has 0 heteroatoms. The first-order chi connectivity index (χ1) is 8.43. The van der Waals surface area contributed by atoms with Crippen LogP contribution in [0.3, 0.4) is 0 Å². The fourth-order valence-corrected chi connectivity index (χ4v) is 4.93. The summed E-state index contributed by atoms with van der Waals surface area (Å²) >= 11 is 0. The summed E-state index contributed by atoms with van der Waals surface area (Å²) in [4.78, 5) is 0. The third-order valence-electron chi connectivity index (χ3n) is 5.32. The fraction of sp³-hybridized carbons (Fsp3) is 0.579. The smallest absolute Gasteiger partial charge is 0.00852 e. The van der Waals surface area contributed by atoms with Crippen LogP contribution in [0.1, 0.15) is 48.0 Å². The van der Waals surface area contributed by atoms with Crippen molar-refractivity contribution in [1.82, 2.24) is 0 Å². The van der Waals surface area contributed by atoms with Gasteiger partial charge in [-0.2, -0.15) is 0 Å². The summed E-state index contributed by atoms with van der Waals surface area (Å²) in [6.45, 7) is 17.6. The van der Waals surface area contributed by atoms with Crippen molar-refractivity contribution in [3.8, 4) is 0 Å². The third-order valence-corrected chi connectivity index (χ3v) is 5.32. The number of allylic oxidation sites excluding steroid dienone is 6. The Morgan fingerprint density at radius 1 is 0.789 bits per heavy atom. The number of hydrogen-bond donors (Lipinski definition) is 0. The molecule has 19 heavy (non-hydrogen) atoms. The van der Waals surface area contributed by atoms with E-state index >= 15 is 0 Å². The number of rotatable bonds is 0. The highest BCUT2D eigenvalue weighted by atomic mass is 14.6. The summed E-state index contributed by atoms with van der Waals surface area (Å²) < 4.78 is 0. The largest absolute Gasteiger partial charge is 0.0955 e. The Labute approximate surface area is 119 Å². The molecule has 0 nitrogen and oxygen atoms in total. The summed E-state index contributed by atoms with van der Waals surface area (Å²) in [5, 5.41) is 0. The standard InChI is InChI=1S/C18H24.CH4/c1-9(2)15-11(5)7-13-17(15)14-8-12(6)16(10(3)4)18(13)14;/h13-14,17-18H,5-8H2,1-4H3;1H4. The maximum atomic E-state index is 4.32. The molecule has 3 aliphatic carbocycles. The van der Waals surface area contributed by atoms with E-state index in [0.717, 1.165) is 23.7 Å². The molecule has 3 fully saturated rings. The van der Waals surface area contributed by atoms with Gasteiger partial charge in [0.2, 0.25) is 0 Å². The molecule has 0 radical (unpaired) electrons. The maximum absolute atomic E-state index is 4.32. The van der Waals surface area contributed by atoms with Gasteiger partial charge in [0, 0.05) is 0 Å². The molecular weight excluding hydrogens is 228 g/mol. The molecule has 3 saturated carbocycles. The molecule has 0 aromatic rings. The van der Waals surface area contributed by atoms with Crippen LogP contribution in [0.4, 0.5) is 0 Å². The van der Waals surface area contributed by atoms with Crippen LogP contribution in [-0.2, 0) is 0 Å². The molecule has 3 rings (SSSR count). The van der Waals surface area contributed by atoms with Gasteiger partial charge in [0.15, 0.2) is 0 Å². The van der Waals surface area contributed by atoms with Crippen LogP contribution in [0.15, 0.2) is 46.6 Å². The van der Waals surface area contributed by atoms with Crippen LogP contribution in [0, 0.1) is 23.7 Å². The molecule has 0 spiro atoms. The van der Waals surface area contributed by atoms with Gasteiger partial charge < -0.3 is 0 Å². The summed E-state index contributed by atoms with van der Waals surface area (Å²) in [6.07, 6.45) is 2.44. The van der Waals surface area contributed by atoms with Gasteiger partial charge in [0.1, 0.15) is 0 Å². The normalized spacial score (nSPS) is 35.6. The molecular formula is C19H28. The van der Waals surface area contributed by atoms with E-state index in [1.54, 1.807) is 11.1 Å². The van der Waals surface area contributed by atoms with Gasteiger partial charge in [-0.25, -0.2) is 0 Å². The van der Waals surface area contributed by atoms with Crippen molar-refractivity contribution in [2.45, 2.75) is 48.0 Å². The highest BCUT2D eigenvalue weighted by molar-refractivity contribution is 5.52. The predicted octanol–water partition coefficient (Wildman–Crippen LogP) is 5.69. The predicted molar refractivity (Wildman–Crippen MR) is 85.0 cm³/mol. The van der Waals surface area contributed by atoms with Crippen molar-refractivity contribution in [3.05, 3.63) is 46.6 Å². The van der Waals surface area contributed by atoms with E-state index < -0.39 is 0 Å². The Bertz CT molecular complexity index is 448. The van der Waals surface area contributed by atoms with E-state index in [2.05, 4.69) is 40.9 Å². The van der Waals surface area contributed by atoms with Crippen LogP contribution >= 0.6 is 0 Å². The van der Waals surface area contributed by atoms with Gasteiger partial charge in [-0.15, -0.1) is 0 Å². The fourth-order valence-electron chi connectivity index (χ4n) is 4.93. The SMILES string of the molecule is C.C=C1CC2C(C1=C(C)C)C1CC(=C)C(=C(C)C)C21. The maximum Gasteiger partial charge on any atom is -0.00852 e. The number of hydrogen-bond acceptors (Lipinski definition) is 0. The average Bonchev–Trinajstić information content (AvgIpc) is 2.71. The Morgan fingerprint density at radius 3 is 1.37 bits per heavy atom. The molecule has 3 aliphatic rings. The Morgan fingerprint density at radius 2 is 1.11 bits per heavy atom. The van der Waals surface area contributed by atoms with Gasteiger partial charge in [0.25, 0.3) is 0 Å². The lowest BCUT2D eigenvalue weighted by atomic mass is 9.57. The molecule has 0 aliphatic heterocycles. The molecule has 0 saturated heterocycles. The van der Waals surface area contributed by atoms with Crippen molar-refractivity contribution < 1.29 is 0 Å². The quantitative estimate of drug-likeness (QED) is 0.522. The zero-order chi connectivity index (χ0) is 13.2. The topological polar surface area (TPSA) is 0 Å². The van der Waals surface area contributed by atoms with Crippen molar-refractivity contribution in [3.63, 3.8) is 0 Å². The second-order valence-electron chi connectivity index (χ2n) is 6.82. The third kappa shape index (κ3) is 1.72. The first kappa shape index (κ1) is 14.4. The molecule has 0 atom stereocenters. The summed E-state index contributed by atoms with van der Waals surface area (Å²) in [6, 6.07) is 0. The van der Waals surface area contributed by atoms with Crippen molar-refractivity contribution in [2.24, 2.45) is 23.7 Å². The Hall–Kier alpha value is -1.04. The molecule has 104 valence electrons. The molecule has 0 unspecified atom stereocenters. The van der Waals surface area contributed by atoms with E-state index in [9.17, 15) is 0 Å². The van der Waals surface area contributed by atoms with Crippen LogP contribution < -0.4 is 0 Å². The first-order valence-corrected chi connectivity index (χ1v) is 7.14. The molecule has 0 bridgehead atoms. The van der Waals surface area contributed by atoms with Crippen LogP contribution in [0.25, 0.3) is 0 Å². The van der Waals surface area contributed by atoms with Crippen molar-refractivity contribution in [1.29, 1.82) is 0 Å². The molecule has 0 amide bonds. The summed E-state index contributed by atoms with van der Waals surface area (Å²) in [7, 11) is 0. The highest BCUT2D eigenvalue weighted by Crippen LogP contribution is 2.68. The van der Waals surface area contributed by atoms with E-state index in [1.165, 1.54) is 35.1 Å². The lowest BCUT2D eigenvalue weighted by molar-refractivity contribution is 0.0719. The minimum absolute atomic E-state index is 0. The van der Waals surface area contributed by atoms with Gasteiger partial charge >= 0.3 is 0 Å². The van der Waals surface area contributed by atoms with Crippen LogP contribution in [0.2, 0.25) is 0 Å². The monoisotopic (exact) mass is 256 g/mol. The molecule has 0 aromatic heterocycles. The van der Waals surface area contributed by atoms with E-state index in [1.807, 2.05) is 0 Å². The Balaban J connectivity index is 0.00000133. The van der Waals surface area contributed by atoms with Gasteiger partial charge in [0.05, 0.1) is 0 Å². The molecule has 0 heterocycles. The van der Waals surface area contributed by atoms with E-state index in [-0.39, 0.29) is 7.43 Å². The van der Waals surface area contributed by atoms with E-state index in [0.29, 0.717) is 0 Å². The zero-order valence-corrected chi connectivity index (χ0v) is 12.1. The Kier molecular flexibility index (Phi) is 3.41. The van der Waals surface area contributed by atoms with Gasteiger partial charge in [-0.1, -0.05) is 42.9 Å². The van der Waals surface area contributed by atoms with Crippen LogP contribution in [0.5, 0.6) is 0 Å². The highest BCUT2D eigenvalue weighted by Gasteiger charge is 2.59. The minimum Gasteiger partial charge on any atom is -0.0955 e. The second kappa shape index (κ2) is 4.51. The molecule has 0 aromatic carbocycles. The second-order valence-corrected chi connectivity index (χ2v) is 6.82. The zero-order valence-electron chi connectivity index (χ0n) is 12.1. The van der Waals surface area contributed by atoms with Crippen LogP contribution in [-0.4, -0.2) is 0 Å². The van der Waals surface area contributed by atoms with Gasteiger partial charge in [-0.05, 0) is 75.4 Å².